The molecule has 1 unspecified atom stereocenters. The van der Waals surface area contributed by atoms with Gasteiger partial charge < -0.3 is 15.3 Å². The molecule has 6 heteroatoms. The lowest BCUT2D eigenvalue weighted by Gasteiger charge is -2.17. The van der Waals surface area contributed by atoms with E-state index in [0.29, 0.717) is 24.3 Å². The second kappa shape index (κ2) is 8.03. The van der Waals surface area contributed by atoms with Crippen molar-refractivity contribution in [1.29, 1.82) is 0 Å². The zero-order valence-corrected chi connectivity index (χ0v) is 15.1. The SMILES string of the molecule is Cc1ccc(CN2CC(C(=O)Nc3cccc(CC(=O)O)c3)CC2=O)cc1. The highest BCUT2D eigenvalue weighted by Crippen LogP contribution is 2.22. The second-order valence-electron chi connectivity index (χ2n) is 6.92. The van der Waals surface area contributed by atoms with Gasteiger partial charge in [0.15, 0.2) is 0 Å². The molecule has 6 nitrogen and oxygen atoms in total. The van der Waals surface area contributed by atoms with E-state index < -0.39 is 11.9 Å². The zero-order chi connectivity index (χ0) is 19.4. The third kappa shape index (κ3) is 4.94. The van der Waals surface area contributed by atoms with Gasteiger partial charge in [-0.25, -0.2) is 0 Å². The van der Waals surface area contributed by atoms with Crippen molar-refractivity contribution in [2.45, 2.75) is 26.3 Å². The van der Waals surface area contributed by atoms with E-state index in [4.69, 9.17) is 5.11 Å². The molecule has 3 rings (SSSR count). The molecule has 0 bridgehead atoms. The van der Waals surface area contributed by atoms with Crippen LogP contribution in [-0.4, -0.2) is 34.3 Å². The number of amides is 2. The fourth-order valence-electron chi connectivity index (χ4n) is 3.19. The largest absolute Gasteiger partial charge is 0.481 e. The summed E-state index contributed by atoms with van der Waals surface area (Å²) in [7, 11) is 0. The number of carboxylic acids is 1. The molecule has 1 atom stereocenters. The number of nitrogens with zero attached hydrogens (tertiary/aromatic N) is 1. The number of carbonyl (C=O) groups is 3. The number of carbonyl (C=O) groups excluding carboxylic acids is 2. The van der Waals surface area contributed by atoms with Gasteiger partial charge in [0.1, 0.15) is 0 Å². The first-order valence-corrected chi connectivity index (χ1v) is 8.85. The summed E-state index contributed by atoms with van der Waals surface area (Å²) < 4.78 is 0. The fraction of sp³-hybridized carbons (Fsp3) is 0.286. The average Bonchev–Trinajstić information content (AvgIpc) is 2.97. The smallest absolute Gasteiger partial charge is 0.307 e. The number of benzene rings is 2. The van der Waals surface area contributed by atoms with Gasteiger partial charge in [-0.15, -0.1) is 0 Å². The molecule has 2 aromatic rings. The number of carboxylic acid groups (broad SMARTS) is 1. The molecule has 1 fully saturated rings. The van der Waals surface area contributed by atoms with Gasteiger partial charge in [0.25, 0.3) is 0 Å². The molecule has 2 amide bonds. The van der Waals surface area contributed by atoms with Crippen LogP contribution in [0, 0.1) is 12.8 Å². The third-order valence-corrected chi connectivity index (χ3v) is 4.63. The topological polar surface area (TPSA) is 86.7 Å². The van der Waals surface area contributed by atoms with Gasteiger partial charge in [-0.1, -0.05) is 42.0 Å². The summed E-state index contributed by atoms with van der Waals surface area (Å²) in [5, 5.41) is 11.7. The van der Waals surface area contributed by atoms with Gasteiger partial charge in [0.05, 0.1) is 12.3 Å². The lowest BCUT2D eigenvalue weighted by molar-refractivity contribution is -0.136. The predicted octanol–water partition coefficient (Wildman–Crippen LogP) is 2.61. The van der Waals surface area contributed by atoms with Crippen molar-refractivity contribution in [3.8, 4) is 0 Å². The van der Waals surface area contributed by atoms with Crippen LogP contribution in [0.5, 0.6) is 0 Å². The van der Waals surface area contributed by atoms with Crippen molar-refractivity contribution in [1.82, 2.24) is 4.90 Å². The minimum absolute atomic E-state index is 0.0321. The number of nitrogens with one attached hydrogen (secondary N) is 1. The van der Waals surface area contributed by atoms with Crippen LogP contribution in [0.2, 0.25) is 0 Å². The van der Waals surface area contributed by atoms with E-state index >= 15 is 0 Å². The van der Waals surface area contributed by atoms with Crippen LogP contribution >= 0.6 is 0 Å². The summed E-state index contributed by atoms with van der Waals surface area (Å²) in [5.41, 5.74) is 3.36. The van der Waals surface area contributed by atoms with E-state index in [2.05, 4.69) is 5.32 Å². The van der Waals surface area contributed by atoms with Crippen molar-refractivity contribution >= 4 is 23.5 Å². The Morgan fingerprint density at radius 2 is 1.89 bits per heavy atom. The summed E-state index contributed by atoms with van der Waals surface area (Å²) in [6.45, 7) is 2.89. The lowest BCUT2D eigenvalue weighted by atomic mass is 10.1. The van der Waals surface area contributed by atoms with Crippen molar-refractivity contribution in [2.75, 3.05) is 11.9 Å². The number of hydrogen-bond donors (Lipinski definition) is 2. The molecule has 0 aromatic heterocycles. The molecule has 0 saturated carbocycles. The van der Waals surface area contributed by atoms with E-state index in [1.165, 1.54) is 0 Å². The molecule has 1 heterocycles. The van der Waals surface area contributed by atoms with Gasteiger partial charge in [-0.05, 0) is 30.2 Å². The molecule has 27 heavy (non-hydrogen) atoms. The normalized spacial score (nSPS) is 16.4. The van der Waals surface area contributed by atoms with Crippen LogP contribution < -0.4 is 5.32 Å². The van der Waals surface area contributed by atoms with Gasteiger partial charge in [0, 0.05) is 25.2 Å². The second-order valence-corrected chi connectivity index (χ2v) is 6.92. The van der Waals surface area contributed by atoms with E-state index in [1.54, 1.807) is 29.2 Å². The maximum atomic E-state index is 12.5. The molecule has 2 N–H and O–H groups in total. The average molecular weight is 366 g/mol. The first kappa shape index (κ1) is 18.6. The Kier molecular flexibility index (Phi) is 5.54. The number of aryl methyl sites for hydroxylation is 1. The van der Waals surface area contributed by atoms with Crippen LogP contribution in [0.4, 0.5) is 5.69 Å². The number of aliphatic carboxylic acids is 1. The van der Waals surface area contributed by atoms with Crippen molar-refractivity contribution in [3.63, 3.8) is 0 Å². The highest BCUT2D eigenvalue weighted by atomic mass is 16.4. The van der Waals surface area contributed by atoms with Crippen LogP contribution in [0.3, 0.4) is 0 Å². The Bertz CT molecular complexity index is 861. The van der Waals surface area contributed by atoms with Crippen molar-refractivity contribution in [3.05, 3.63) is 65.2 Å². The third-order valence-electron chi connectivity index (χ3n) is 4.63. The molecule has 2 aromatic carbocycles. The molecule has 0 radical (unpaired) electrons. The minimum atomic E-state index is -0.924. The van der Waals surface area contributed by atoms with Gasteiger partial charge in [0.2, 0.25) is 11.8 Å². The molecule has 0 spiro atoms. The van der Waals surface area contributed by atoms with E-state index in [0.717, 1.165) is 11.1 Å². The maximum absolute atomic E-state index is 12.5. The van der Waals surface area contributed by atoms with E-state index in [1.807, 2.05) is 31.2 Å². The molecule has 140 valence electrons. The molecular weight excluding hydrogens is 344 g/mol. The summed E-state index contributed by atoms with van der Waals surface area (Å²) >= 11 is 0. The van der Waals surface area contributed by atoms with E-state index in [9.17, 15) is 14.4 Å². The molecule has 1 saturated heterocycles. The van der Waals surface area contributed by atoms with Crippen LogP contribution in [0.1, 0.15) is 23.1 Å². The standard InChI is InChI=1S/C21H22N2O4/c1-14-5-7-15(8-6-14)12-23-13-17(11-19(23)24)21(27)22-18-4-2-3-16(9-18)10-20(25)26/h2-9,17H,10-13H2,1H3,(H,22,27)(H,25,26). The summed E-state index contributed by atoms with van der Waals surface area (Å²) in [5.74, 6) is -1.59. The van der Waals surface area contributed by atoms with Gasteiger partial charge in [-0.2, -0.15) is 0 Å². The fourth-order valence-corrected chi connectivity index (χ4v) is 3.19. The van der Waals surface area contributed by atoms with Gasteiger partial charge in [-0.3, -0.25) is 14.4 Å². The van der Waals surface area contributed by atoms with Crippen LogP contribution in [0.15, 0.2) is 48.5 Å². The Balaban J connectivity index is 1.60. The zero-order valence-electron chi connectivity index (χ0n) is 15.1. The Hall–Kier alpha value is -3.15. The van der Waals surface area contributed by atoms with Gasteiger partial charge >= 0.3 is 5.97 Å². The summed E-state index contributed by atoms with van der Waals surface area (Å²) in [6.07, 6.45) is 0.0858. The van der Waals surface area contributed by atoms with E-state index in [-0.39, 0.29) is 24.7 Å². The number of rotatable bonds is 6. The number of anilines is 1. The lowest BCUT2D eigenvalue weighted by Crippen LogP contribution is -2.28. The number of hydrogen-bond acceptors (Lipinski definition) is 3. The monoisotopic (exact) mass is 366 g/mol. The Labute approximate surface area is 157 Å². The van der Waals surface area contributed by atoms with Crippen molar-refractivity contribution in [2.24, 2.45) is 5.92 Å². The molecule has 1 aliphatic rings. The first-order chi connectivity index (χ1) is 12.9. The summed E-state index contributed by atoms with van der Waals surface area (Å²) in [6, 6.07) is 14.8. The molecule has 0 aliphatic carbocycles. The van der Waals surface area contributed by atoms with Crippen molar-refractivity contribution < 1.29 is 19.5 Å². The van der Waals surface area contributed by atoms with Crippen LogP contribution in [-0.2, 0) is 27.3 Å². The maximum Gasteiger partial charge on any atom is 0.307 e. The number of likely N-dealkylation sites (tertiary alicyclic amines) is 1. The molecule has 1 aliphatic heterocycles. The quantitative estimate of drug-likeness (QED) is 0.823. The minimum Gasteiger partial charge on any atom is -0.481 e. The highest BCUT2D eigenvalue weighted by Gasteiger charge is 2.34. The highest BCUT2D eigenvalue weighted by molar-refractivity contribution is 5.97. The Morgan fingerprint density at radius 1 is 1.15 bits per heavy atom. The summed E-state index contributed by atoms with van der Waals surface area (Å²) in [4.78, 5) is 37.3. The first-order valence-electron chi connectivity index (χ1n) is 8.85. The molecular formula is C21H22N2O4. The predicted molar refractivity (Wildman–Crippen MR) is 101 cm³/mol. The van der Waals surface area contributed by atoms with Crippen LogP contribution in [0.25, 0.3) is 0 Å². The Morgan fingerprint density at radius 3 is 2.59 bits per heavy atom.